The van der Waals surface area contributed by atoms with E-state index in [1.807, 2.05) is 11.4 Å². The summed E-state index contributed by atoms with van der Waals surface area (Å²) in [7, 11) is 0. The van der Waals surface area contributed by atoms with E-state index in [-0.39, 0.29) is 0 Å². The first-order valence-electron chi connectivity index (χ1n) is 6.42. The molecule has 0 spiro atoms. The molecule has 0 amide bonds. The zero-order valence-electron chi connectivity index (χ0n) is 10.7. The summed E-state index contributed by atoms with van der Waals surface area (Å²) in [6.07, 6.45) is 2.61. The van der Waals surface area contributed by atoms with Crippen LogP contribution >= 0.6 is 11.3 Å². The van der Waals surface area contributed by atoms with Crippen LogP contribution in [0.4, 0.5) is 0 Å². The van der Waals surface area contributed by atoms with Gasteiger partial charge in [-0.3, -0.25) is 0 Å². The molecule has 100 valence electrons. The predicted molar refractivity (Wildman–Crippen MR) is 73.3 cm³/mol. The summed E-state index contributed by atoms with van der Waals surface area (Å²) >= 11 is 1.29. The van der Waals surface area contributed by atoms with E-state index in [4.69, 9.17) is 5.11 Å². The highest BCUT2D eigenvalue weighted by Crippen LogP contribution is 2.16. The Morgan fingerprint density at radius 2 is 2.28 bits per heavy atom. The molecule has 1 aromatic heterocycles. The van der Waals surface area contributed by atoms with E-state index in [2.05, 4.69) is 17.1 Å². The number of thiophene rings is 1. The fraction of sp³-hybridized carbons (Fsp3) is 0.615. The van der Waals surface area contributed by atoms with Crippen molar-refractivity contribution >= 4 is 17.3 Å². The zero-order chi connectivity index (χ0) is 13.0. The Labute approximate surface area is 112 Å². The topological polar surface area (TPSA) is 52.6 Å². The maximum atomic E-state index is 11.0. The second-order valence-electron chi connectivity index (χ2n) is 4.87. The molecule has 18 heavy (non-hydrogen) atoms. The first kappa shape index (κ1) is 13.5. The lowest BCUT2D eigenvalue weighted by atomic mass is 10.2. The second kappa shape index (κ2) is 6.31. The van der Waals surface area contributed by atoms with Gasteiger partial charge in [-0.15, -0.1) is 11.3 Å². The van der Waals surface area contributed by atoms with E-state index in [0.29, 0.717) is 17.5 Å². The van der Waals surface area contributed by atoms with E-state index in [0.717, 1.165) is 12.1 Å². The summed E-state index contributed by atoms with van der Waals surface area (Å²) in [5.74, 6) is -0.825. The summed E-state index contributed by atoms with van der Waals surface area (Å²) < 4.78 is 0. The fourth-order valence-electron chi connectivity index (χ4n) is 2.36. The van der Waals surface area contributed by atoms with Gasteiger partial charge in [0.05, 0.1) is 0 Å². The maximum absolute atomic E-state index is 11.0. The van der Waals surface area contributed by atoms with Gasteiger partial charge in [0.15, 0.2) is 0 Å². The third-order valence-electron chi connectivity index (χ3n) is 3.31. The molecule has 0 aromatic carbocycles. The van der Waals surface area contributed by atoms with Crippen molar-refractivity contribution in [3.63, 3.8) is 0 Å². The lowest BCUT2D eigenvalue weighted by Crippen LogP contribution is -2.37. The number of carboxylic acids is 1. The largest absolute Gasteiger partial charge is 0.477 e. The van der Waals surface area contributed by atoms with Gasteiger partial charge in [0.2, 0.25) is 0 Å². The normalized spacial score (nSPS) is 18.1. The van der Waals surface area contributed by atoms with Gasteiger partial charge in [0, 0.05) is 19.1 Å². The molecule has 1 aromatic rings. The van der Waals surface area contributed by atoms with Crippen molar-refractivity contribution in [1.29, 1.82) is 0 Å². The SMILES string of the molecule is CC(CN1CCCC1)NCc1ccsc1C(=O)O. The molecule has 1 atom stereocenters. The van der Waals surface area contributed by atoms with Crippen LogP contribution in [0.5, 0.6) is 0 Å². The zero-order valence-corrected chi connectivity index (χ0v) is 11.5. The van der Waals surface area contributed by atoms with Crippen LogP contribution in [0.1, 0.15) is 35.0 Å². The average Bonchev–Trinajstić information content (AvgIpc) is 2.96. The minimum Gasteiger partial charge on any atom is -0.477 e. The highest BCUT2D eigenvalue weighted by molar-refractivity contribution is 7.12. The number of carboxylic acid groups (broad SMARTS) is 1. The van der Waals surface area contributed by atoms with Gasteiger partial charge in [0.25, 0.3) is 0 Å². The first-order chi connectivity index (χ1) is 8.66. The molecule has 5 heteroatoms. The Morgan fingerprint density at radius 3 is 2.94 bits per heavy atom. The minimum atomic E-state index is -0.825. The summed E-state index contributed by atoms with van der Waals surface area (Å²) in [6, 6.07) is 2.29. The molecule has 2 N–H and O–H groups in total. The molecule has 0 saturated carbocycles. The standard InChI is InChI=1S/C13H20N2O2S/c1-10(9-15-5-2-3-6-15)14-8-11-4-7-18-12(11)13(16)17/h4,7,10,14H,2-3,5-6,8-9H2,1H3,(H,16,17). The lowest BCUT2D eigenvalue weighted by Gasteiger charge is -2.21. The lowest BCUT2D eigenvalue weighted by molar-refractivity contribution is 0.0701. The molecule has 1 unspecified atom stereocenters. The van der Waals surface area contributed by atoms with Gasteiger partial charge in [-0.25, -0.2) is 4.79 Å². The van der Waals surface area contributed by atoms with Gasteiger partial charge >= 0.3 is 5.97 Å². The molecule has 0 bridgehead atoms. The maximum Gasteiger partial charge on any atom is 0.346 e. The van der Waals surface area contributed by atoms with Gasteiger partial charge in [-0.1, -0.05) is 0 Å². The van der Waals surface area contributed by atoms with Crippen molar-refractivity contribution in [3.8, 4) is 0 Å². The van der Waals surface area contributed by atoms with Crippen molar-refractivity contribution in [3.05, 3.63) is 21.9 Å². The second-order valence-corrected chi connectivity index (χ2v) is 5.79. The molecule has 1 fully saturated rings. The summed E-state index contributed by atoms with van der Waals surface area (Å²) in [4.78, 5) is 13.9. The van der Waals surface area contributed by atoms with Gasteiger partial charge in [-0.05, 0) is 49.9 Å². The summed E-state index contributed by atoms with van der Waals surface area (Å²) in [6.45, 7) is 6.24. The molecule has 2 rings (SSSR count). The van der Waals surface area contributed by atoms with Crippen LogP contribution in [0.25, 0.3) is 0 Å². The van der Waals surface area contributed by atoms with E-state index in [1.165, 1.54) is 37.3 Å². The third-order valence-corrected chi connectivity index (χ3v) is 4.26. The Morgan fingerprint density at radius 1 is 1.56 bits per heavy atom. The molecule has 1 aliphatic heterocycles. The van der Waals surface area contributed by atoms with Crippen molar-refractivity contribution in [2.24, 2.45) is 0 Å². The number of likely N-dealkylation sites (tertiary alicyclic amines) is 1. The predicted octanol–water partition coefficient (Wildman–Crippen LogP) is 2.02. The Kier molecular flexibility index (Phi) is 4.74. The van der Waals surface area contributed by atoms with E-state index < -0.39 is 5.97 Å². The van der Waals surface area contributed by atoms with Crippen LogP contribution in [0.15, 0.2) is 11.4 Å². The monoisotopic (exact) mass is 268 g/mol. The molecule has 1 saturated heterocycles. The molecule has 1 aliphatic rings. The smallest absolute Gasteiger partial charge is 0.346 e. The van der Waals surface area contributed by atoms with Crippen LogP contribution in [-0.2, 0) is 6.54 Å². The number of rotatable bonds is 6. The number of hydrogen-bond donors (Lipinski definition) is 2. The Hall–Kier alpha value is -0.910. The number of nitrogens with one attached hydrogen (secondary N) is 1. The van der Waals surface area contributed by atoms with Gasteiger partial charge in [-0.2, -0.15) is 0 Å². The molecular formula is C13H20N2O2S. The number of carbonyl (C=O) groups is 1. The number of hydrogen-bond acceptors (Lipinski definition) is 4. The Bertz CT molecular complexity index is 399. The van der Waals surface area contributed by atoms with Crippen molar-refractivity contribution in [1.82, 2.24) is 10.2 Å². The minimum absolute atomic E-state index is 0.393. The molecular weight excluding hydrogens is 248 g/mol. The van der Waals surface area contributed by atoms with E-state index >= 15 is 0 Å². The summed E-state index contributed by atoms with van der Waals surface area (Å²) in [5, 5.41) is 14.3. The summed E-state index contributed by atoms with van der Waals surface area (Å²) in [5.41, 5.74) is 0.890. The molecule has 2 heterocycles. The van der Waals surface area contributed by atoms with Crippen molar-refractivity contribution in [2.45, 2.75) is 32.4 Å². The highest BCUT2D eigenvalue weighted by atomic mass is 32.1. The van der Waals surface area contributed by atoms with Crippen molar-refractivity contribution < 1.29 is 9.90 Å². The van der Waals surface area contributed by atoms with Gasteiger partial charge < -0.3 is 15.3 Å². The van der Waals surface area contributed by atoms with E-state index in [9.17, 15) is 4.79 Å². The van der Waals surface area contributed by atoms with Crippen molar-refractivity contribution in [2.75, 3.05) is 19.6 Å². The number of nitrogens with zero attached hydrogens (tertiary/aromatic N) is 1. The van der Waals surface area contributed by atoms with Gasteiger partial charge in [0.1, 0.15) is 4.88 Å². The van der Waals surface area contributed by atoms with Crippen LogP contribution in [0, 0.1) is 0 Å². The molecule has 0 radical (unpaired) electrons. The van der Waals surface area contributed by atoms with Crippen LogP contribution in [0.3, 0.4) is 0 Å². The van der Waals surface area contributed by atoms with Crippen LogP contribution in [-0.4, -0.2) is 41.7 Å². The van der Waals surface area contributed by atoms with E-state index in [1.54, 1.807) is 0 Å². The van der Waals surface area contributed by atoms with Crippen LogP contribution in [0.2, 0.25) is 0 Å². The molecule has 4 nitrogen and oxygen atoms in total. The highest BCUT2D eigenvalue weighted by Gasteiger charge is 2.16. The Balaban J connectivity index is 1.79. The number of aromatic carboxylic acids is 1. The average molecular weight is 268 g/mol. The molecule has 0 aliphatic carbocycles. The quantitative estimate of drug-likeness (QED) is 0.829. The third kappa shape index (κ3) is 3.54. The first-order valence-corrected chi connectivity index (χ1v) is 7.30. The van der Waals surface area contributed by atoms with Crippen LogP contribution < -0.4 is 5.32 Å². The fourth-order valence-corrected chi connectivity index (χ4v) is 3.12.